The Balaban J connectivity index is 3.21. The largest absolute Gasteiger partial charge is 0.489 e. The molecule has 1 N–H and O–H groups in total. The van der Waals surface area contributed by atoms with Crippen LogP contribution in [0.1, 0.15) is 74.4 Å². The van der Waals surface area contributed by atoms with Crippen LogP contribution >= 0.6 is 0 Å². The van der Waals surface area contributed by atoms with Crippen LogP contribution < -0.4 is 10.1 Å². The first-order valence-corrected chi connectivity index (χ1v) is 12.0. The van der Waals surface area contributed by atoms with Crippen LogP contribution in [0.3, 0.4) is 0 Å². The molecule has 1 amide bonds. The molecule has 2 atom stereocenters. The van der Waals surface area contributed by atoms with E-state index in [1.165, 1.54) is 6.20 Å². The predicted octanol–water partition coefficient (Wildman–Crippen LogP) is 4.56. The minimum absolute atomic E-state index is 0.0878. The van der Waals surface area contributed by atoms with Crippen LogP contribution in [0.5, 0.6) is 5.75 Å². The first-order valence-electron chi connectivity index (χ1n) is 12.0. The summed E-state index contributed by atoms with van der Waals surface area (Å²) in [7, 11) is 0. The number of hydrogen-bond acceptors (Lipinski definition) is 8. The number of alkyl carbamates (subject to hydrolysis) is 1. The maximum Gasteiger partial charge on any atom is 0.408 e. The molecular weight excluding hydrogens is 471 g/mol. The van der Waals surface area contributed by atoms with Crippen LogP contribution in [0.2, 0.25) is 0 Å². The molecule has 0 radical (unpaired) electrons. The van der Waals surface area contributed by atoms with Crippen molar-refractivity contribution in [2.75, 3.05) is 13.3 Å². The smallest absolute Gasteiger partial charge is 0.408 e. The van der Waals surface area contributed by atoms with Crippen molar-refractivity contribution in [2.45, 2.75) is 98.0 Å². The maximum atomic E-state index is 13.1. The van der Waals surface area contributed by atoms with Gasteiger partial charge in [0.25, 0.3) is 0 Å². The van der Waals surface area contributed by atoms with Gasteiger partial charge in [-0.2, -0.15) is 0 Å². The Morgan fingerprint density at radius 1 is 0.889 bits per heavy atom. The van der Waals surface area contributed by atoms with Gasteiger partial charge in [-0.3, -0.25) is 9.78 Å². The Hall–Kier alpha value is -2.91. The lowest BCUT2D eigenvalue weighted by atomic mass is 9.94. The second-order valence-electron chi connectivity index (χ2n) is 11.4. The number of amides is 1. The molecule has 0 unspecified atom stereocenters. The molecule has 1 aromatic heterocycles. The zero-order valence-corrected chi connectivity index (χ0v) is 22.9. The van der Waals surface area contributed by atoms with Gasteiger partial charge in [0.1, 0.15) is 41.9 Å². The molecule has 10 heteroatoms. The monoisotopic (exact) mass is 512 g/mol. The lowest BCUT2D eigenvalue weighted by Crippen LogP contribution is -2.48. The molecule has 0 saturated heterocycles. The summed E-state index contributed by atoms with van der Waals surface area (Å²) in [4.78, 5) is 42.9. The van der Waals surface area contributed by atoms with Crippen molar-refractivity contribution < 1.29 is 37.7 Å². The molecule has 0 aromatic carbocycles. The fourth-order valence-corrected chi connectivity index (χ4v) is 3.00. The highest BCUT2D eigenvalue weighted by atomic mass is 19.1. The summed E-state index contributed by atoms with van der Waals surface area (Å²) in [6.45, 7) is 14.7. The van der Waals surface area contributed by atoms with Crippen LogP contribution in [-0.4, -0.2) is 59.1 Å². The number of rotatable bonds is 10. The van der Waals surface area contributed by atoms with E-state index in [-0.39, 0.29) is 19.4 Å². The molecule has 36 heavy (non-hydrogen) atoms. The number of halogens is 1. The minimum atomic E-state index is -1.18. The van der Waals surface area contributed by atoms with Gasteiger partial charge in [0.05, 0.1) is 12.1 Å². The van der Waals surface area contributed by atoms with Crippen molar-refractivity contribution in [1.82, 2.24) is 10.3 Å². The third kappa shape index (κ3) is 13.3. The summed E-state index contributed by atoms with van der Waals surface area (Å²) in [6.07, 6.45) is 0.633. The molecule has 9 nitrogen and oxygen atoms in total. The third-order valence-electron chi connectivity index (χ3n) is 4.24. The van der Waals surface area contributed by atoms with E-state index in [4.69, 9.17) is 18.9 Å². The molecule has 1 aromatic rings. The second-order valence-corrected chi connectivity index (χ2v) is 11.4. The van der Waals surface area contributed by atoms with Crippen LogP contribution in [-0.2, 0) is 30.2 Å². The fraction of sp³-hybridized carbons (Fsp3) is 0.692. The highest BCUT2D eigenvalue weighted by Crippen LogP contribution is 2.22. The Labute approximate surface area is 213 Å². The van der Waals surface area contributed by atoms with Crippen molar-refractivity contribution in [3.63, 3.8) is 0 Å². The number of ether oxygens (including phenoxy) is 4. The van der Waals surface area contributed by atoms with Crippen molar-refractivity contribution in [3.05, 3.63) is 24.0 Å². The van der Waals surface area contributed by atoms with E-state index in [2.05, 4.69) is 10.3 Å². The number of alkyl halides is 1. The summed E-state index contributed by atoms with van der Waals surface area (Å²) < 4.78 is 33.9. The fourth-order valence-electron chi connectivity index (χ4n) is 3.00. The summed E-state index contributed by atoms with van der Waals surface area (Å²) in [5.74, 6) is -1.71. The number of nitrogens with one attached hydrogen (secondary N) is 1. The van der Waals surface area contributed by atoms with Gasteiger partial charge in [0.2, 0.25) is 0 Å². The summed E-state index contributed by atoms with van der Waals surface area (Å²) in [5.41, 5.74) is -1.85. The SMILES string of the molecule is CC(C)(C)OC(=O)N[C@@H](C[C@@H](Cc1ccc(OCCF)cn1)C(=O)OC(C)(C)C)C(=O)OC(C)(C)C. The Bertz CT molecular complexity index is 868. The van der Waals surface area contributed by atoms with E-state index in [0.29, 0.717) is 11.4 Å². The van der Waals surface area contributed by atoms with Gasteiger partial charge < -0.3 is 24.3 Å². The summed E-state index contributed by atoms with van der Waals surface area (Å²) in [6, 6.07) is 2.09. The van der Waals surface area contributed by atoms with Crippen molar-refractivity contribution in [1.29, 1.82) is 0 Å². The molecular formula is C26H41FN2O7. The van der Waals surface area contributed by atoms with Gasteiger partial charge in [0.15, 0.2) is 0 Å². The molecule has 1 heterocycles. The van der Waals surface area contributed by atoms with Crippen LogP contribution in [0.15, 0.2) is 18.3 Å². The first-order chi connectivity index (χ1) is 16.4. The summed E-state index contributed by atoms with van der Waals surface area (Å²) >= 11 is 0. The molecule has 0 fully saturated rings. The van der Waals surface area contributed by atoms with E-state index in [0.717, 1.165) is 0 Å². The number of esters is 2. The van der Waals surface area contributed by atoms with E-state index in [9.17, 15) is 18.8 Å². The van der Waals surface area contributed by atoms with Crippen LogP contribution in [0.25, 0.3) is 0 Å². The number of carbonyl (C=O) groups excluding carboxylic acids is 3. The molecule has 0 saturated carbocycles. The predicted molar refractivity (Wildman–Crippen MR) is 132 cm³/mol. The van der Waals surface area contributed by atoms with Gasteiger partial charge in [-0.15, -0.1) is 0 Å². The number of aromatic nitrogens is 1. The van der Waals surface area contributed by atoms with Crippen molar-refractivity contribution in [2.24, 2.45) is 5.92 Å². The van der Waals surface area contributed by atoms with E-state index in [1.54, 1.807) is 74.4 Å². The van der Waals surface area contributed by atoms with Gasteiger partial charge in [-0.05, 0) is 80.9 Å². The number of carbonyl (C=O) groups is 3. The molecule has 0 aliphatic carbocycles. The van der Waals surface area contributed by atoms with Crippen LogP contribution in [0.4, 0.5) is 9.18 Å². The number of pyridine rings is 1. The topological polar surface area (TPSA) is 113 Å². The Kier molecular flexibility index (Phi) is 11.1. The molecule has 0 bridgehead atoms. The molecule has 0 spiro atoms. The average molecular weight is 513 g/mol. The highest BCUT2D eigenvalue weighted by molar-refractivity contribution is 5.83. The lowest BCUT2D eigenvalue weighted by molar-refractivity contribution is -0.162. The Morgan fingerprint density at radius 2 is 1.44 bits per heavy atom. The third-order valence-corrected chi connectivity index (χ3v) is 4.24. The van der Waals surface area contributed by atoms with E-state index in [1.807, 2.05) is 0 Å². The second kappa shape index (κ2) is 12.9. The van der Waals surface area contributed by atoms with Gasteiger partial charge in [-0.25, -0.2) is 14.0 Å². The molecule has 204 valence electrons. The quantitative estimate of drug-likeness (QED) is 0.359. The zero-order valence-electron chi connectivity index (χ0n) is 22.9. The van der Waals surface area contributed by atoms with Gasteiger partial charge >= 0.3 is 18.0 Å². The molecule has 1 rings (SSSR count). The zero-order chi connectivity index (χ0) is 27.7. The van der Waals surface area contributed by atoms with Crippen molar-refractivity contribution >= 4 is 18.0 Å². The molecule has 0 aliphatic heterocycles. The van der Waals surface area contributed by atoms with Gasteiger partial charge in [-0.1, -0.05) is 0 Å². The standard InChI is InChI=1S/C26H41FN2O7/c1-24(2,3)34-21(30)17(14-18-10-11-19(16-28-18)33-13-12-27)15-20(22(31)35-25(4,5)6)29-23(32)36-26(7,8)9/h10-11,16-17,20H,12-15H2,1-9H3,(H,29,32)/t17-,20+/m1/s1. The average Bonchev–Trinajstić information content (AvgIpc) is 2.68. The van der Waals surface area contributed by atoms with Crippen molar-refractivity contribution in [3.8, 4) is 5.75 Å². The first kappa shape index (κ1) is 31.1. The number of hydrogen-bond donors (Lipinski definition) is 1. The Morgan fingerprint density at radius 3 is 1.92 bits per heavy atom. The number of nitrogens with zero attached hydrogens (tertiary/aromatic N) is 1. The van der Waals surface area contributed by atoms with Gasteiger partial charge in [0, 0.05) is 12.1 Å². The highest BCUT2D eigenvalue weighted by Gasteiger charge is 2.35. The van der Waals surface area contributed by atoms with E-state index < -0.39 is 53.5 Å². The molecule has 0 aliphatic rings. The van der Waals surface area contributed by atoms with Crippen LogP contribution in [0, 0.1) is 5.92 Å². The normalized spacial score (nSPS) is 13.8. The minimum Gasteiger partial charge on any atom is -0.489 e. The summed E-state index contributed by atoms with van der Waals surface area (Å²) in [5, 5.41) is 2.54. The lowest BCUT2D eigenvalue weighted by Gasteiger charge is -2.29. The van der Waals surface area contributed by atoms with E-state index >= 15 is 0 Å². The maximum absolute atomic E-state index is 13.1.